The van der Waals surface area contributed by atoms with E-state index in [-0.39, 0.29) is 12.0 Å². The Morgan fingerprint density at radius 3 is 2.12 bits per heavy atom. The lowest BCUT2D eigenvalue weighted by Crippen LogP contribution is -2.51. The van der Waals surface area contributed by atoms with Gasteiger partial charge in [0.25, 0.3) is 0 Å². The average molecular weight is 441 g/mol. The van der Waals surface area contributed by atoms with Gasteiger partial charge in [-0.3, -0.25) is 0 Å². The molecule has 2 aromatic rings. The molecule has 176 valence electrons. The first-order valence-corrected chi connectivity index (χ1v) is 12.1. The van der Waals surface area contributed by atoms with Gasteiger partial charge >= 0.3 is 5.97 Å². The van der Waals surface area contributed by atoms with E-state index in [4.69, 9.17) is 9.47 Å². The maximum absolute atomic E-state index is 12.7. The molecule has 0 aromatic heterocycles. The van der Waals surface area contributed by atoms with Crippen LogP contribution in [0.5, 0.6) is 5.75 Å². The highest BCUT2D eigenvalue weighted by Crippen LogP contribution is 2.19. The number of quaternary nitrogens is 1. The summed E-state index contributed by atoms with van der Waals surface area (Å²) < 4.78 is 12.0. The fourth-order valence-electron chi connectivity index (χ4n) is 3.80. The fraction of sp³-hybridized carbons (Fsp3) is 0.536. The van der Waals surface area contributed by atoms with E-state index in [2.05, 4.69) is 31.2 Å². The van der Waals surface area contributed by atoms with Gasteiger partial charge in [0.05, 0.1) is 14.1 Å². The number of hydrogen-bond acceptors (Lipinski definition) is 3. The largest absolute Gasteiger partial charge is 0.455 e. The molecule has 2 rings (SSSR count). The second kappa shape index (κ2) is 13.3. The van der Waals surface area contributed by atoms with Gasteiger partial charge in [0, 0.05) is 12.5 Å². The van der Waals surface area contributed by atoms with E-state index in [1.54, 1.807) is 6.92 Å². The van der Waals surface area contributed by atoms with Crippen molar-refractivity contribution in [3.05, 3.63) is 65.7 Å². The topological polar surface area (TPSA) is 35.5 Å². The van der Waals surface area contributed by atoms with Crippen LogP contribution in [0.1, 0.15) is 70.4 Å². The maximum atomic E-state index is 12.7. The highest BCUT2D eigenvalue weighted by atomic mass is 16.7. The van der Waals surface area contributed by atoms with Crippen molar-refractivity contribution in [3.8, 4) is 5.75 Å². The molecule has 0 spiro atoms. The Labute approximate surface area is 195 Å². The first-order valence-electron chi connectivity index (χ1n) is 12.1. The summed E-state index contributed by atoms with van der Waals surface area (Å²) in [6.45, 7) is 6.69. The Kier molecular flexibility index (Phi) is 10.8. The SMILES string of the molecule is CCCCCCCCc1ccc(OC(C)OC(=O)C(C)[N+](C)(C)Cc2ccccc2)cc1. The van der Waals surface area contributed by atoms with Gasteiger partial charge < -0.3 is 14.0 Å². The number of aryl methyl sites for hydroxylation is 1. The van der Waals surface area contributed by atoms with Crippen molar-refractivity contribution in [1.29, 1.82) is 0 Å². The molecule has 0 amide bonds. The summed E-state index contributed by atoms with van der Waals surface area (Å²) in [6.07, 6.45) is 8.30. The molecule has 0 fully saturated rings. The molecule has 0 N–H and O–H groups in total. The molecule has 0 heterocycles. The summed E-state index contributed by atoms with van der Waals surface area (Å²) in [5.41, 5.74) is 2.52. The number of carbonyl (C=O) groups excluding carboxylic acids is 1. The van der Waals surface area contributed by atoms with E-state index < -0.39 is 6.29 Å². The lowest BCUT2D eigenvalue weighted by atomic mass is 10.0. The Balaban J connectivity index is 1.77. The van der Waals surface area contributed by atoms with Crippen LogP contribution in [0, 0.1) is 0 Å². The summed E-state index contributed by atoms with van der Waals surface area (Å²) in [7, 11) is 4.10. The summed E-state index contributed by atoms with van der Waals surface area (Å²) in [4.78, 5) is 12.7. The van der Waals surface area contributed by atoms with Crippen LogP contribution in [-0.2, 0) is 22.5 Å². The summed E-state index contributed by atoms with van der Waals surface area (Å²) in [5, 5.41) is 0. The van der Waals surface area contributed by atoms with Crippen LogP contribution in [0.4, 0.5) is 0 Å². The second-order valence-corrected chi connectivity index (χ2v) is 9.38. The van der Waals surface area contributed by atoms with E-state index in [0.29, 0.717) is 4.48 Å². The van der Waals surface area contributed by atoms with E-state index in [1.165, 1.54) is 49.7 Å². The van der Waals surface area contributed by atoms with Crippen molar-refractivity contribution in [2.75, 3.05) is 14.1 Å². The van der Waals surface area contributed by atoms with Crippen LogP contribution in [0.2, 0.25) is 0 Å². The van der Waals surface area contributed by atoms with E-state index in [9.17, 15) is 4.79 Å². The zero-order valence-electron chi connectivity index (χ0n) is 20.7. The summed E-state index contributed by atoms with van der Waals surface area (Å²) in [5.74, 6) is 0.473. The molecule has 0 aliphatic carbocycles. The van der Waals surface area contributed by atoms with Gasteiger partial charge in [0.15, 0.2) is 6.04 Å². The first-order chi connectivity index (χ1) is 15.3. The van der Waals surface area contributed by atoms with Crippen molar-refractivity contribution in [2.45, 2.75) is 84.6 Å². The molecular weight excluding hydrogens is 398 g/mol. The number of unbranched alkanes of at least 4 members (excludes halogenated alkanes) is 5. The molecule has 0 saturated carbocycles. The fourth-order valence-corrected chi connectivity index (χ4v) is 3.80. The van der Waals surface area contributed by atoms with Crippen LogP contribution >= 0.6 is 0 Å². The monoisotopic (exact) mass is 440 g/mol. The predicted molar refractivity (Wildman–Crippen MR) is 131 cm³/mol. The Hall–Kier alpha value is -2.33. The van der Waals surface area contributed by atoms with Crippen LogP contribution in [-0.4, -0.2) is 36.9 Å². The lowest BCUT2D eigenvalue weighted by Gasteiger charge is -2.35. The third-order valence-electron chi connectivity index (χ3n) is 6.15. The first kappa shape index (κ1) is 25.9. The zero-order chi connectivity index (χ0) is 23.4. The van der Waals surface area contributed by atoms with Crippen molar-refractivity contribution < 1.29 is 18.8 Å². The standard InChI is InChI=1S/C28H42NO3/c1-6-7-8-9-10-12-15-25-18-20-27(21-19-25)31-24(3)32-28(30)23(2)29(4,5)22-26-16-13-11-14-17-26/h11,13-14,16-21,23-24H,6-10,12,15,22H2,1-5H3/q+1. The number of ether oxygens (including phenoxy) is 2. The van der Waals surface area contributed by atoms with Crippen LogP contribution in [0.15, 0.2) is 54.6 Å². The van der Waals surface area contributed by atoms with Crippen molar-refractivity contribution in [3.63, 3.8) is 0 Å². The average Bonchev–Trinajstić information content (AvgIpc) is 2.77. The summed E-state index contributed by atoms with van der Waals surface area (Å²) in [6, 6.07) is 18.1. The van der Waals surface area contributed by atoms with Gasteiger partial charge in [0.2, 0.25) is 6.29 Å². The number of benzene rings is 2. The minimum Gasteiger partial charge on any atom is -0.455 e. The van der Waals surface area contributed by atoms with E-state index >= 15 is 0 Å². The highest BCUT2D eigenvalue weighted by Gasteiger charge is 2.33. The molecule has 4 heteroatoms. The number of nitrogens with zero attached hydrogens (tertiary/aromatic N) is 1. The maximum Gasteiger partial charge on any atom is 0.367 e. The molecule has 32 heavy (non-hydrogen) atoms. The number of carbonyl (C=O) groups is 1. The number of esters is 1. The second-order valence-electron chi connectivity index (χ2n) is 9.38. The molecule has 0 saturated heterocycles. The van der Waals surface area contributed by atoms with E-state index in [0.717, 1.165) is 18.7 Å². The Morgan fingerprint density at radius 2 is 1.47 bits per heavy atom. The molecule has 0 aliphatic rings. The quantitative estimate of drug-likeness (QED) is 0.145. The zero-order valence-corrected chi connectivity index (χ0v) is 20.7. The number of rotatable bonds is 14. The highest BCUT2D eigenvalue weighted by molar-refractivity contribution is 5.74. The minimum absolute atomic E-state index is 0.252. The predicted octanol–water partition coefficient (Wildman–Crippen LogP) is 6.52. The van der Waals surface area contributed by atoms with Gasteiger partial charge in [0.1, 0.15) is 12.3 Å². The van der Waals surface area contributed by atoms with Gasteiger partial charge in [-0.05, 0) is 37.5 Å². The molecule has 0 aliphatic heterocycles. The van der Waals surface area contributed by atoms with Gasteiger partial charge in [-0.15, -0.1) is 0 Å². The van der Waals surface area contributed by atoms with E-state index in [1.807, 2.05) is 51.4 Å². The minimum atomic E-state index is -0.633. The summed E-state index contributed by atoms with van der Waals surface area (Å²) >= 11 is 0. The van der Waals surface area contributed by atoms with Crippen molar-refractivity contribution in [2.24, 2.45) is 0 Å². The third-order valence-corrected chi connectivity index (χ3v) is 6.15. The smallest absolute Gasteiger partial charge is 0.367 e. The van der Waals surface area contributed by atoms with Crippen LogP contribution in [0.3, 0.4) is 0 Å². The molecule has 2 unspecified atom stereocenters. The third kappa shape index (κ3) is 9.04. The lowest BCUT2D eigenvalue weighted by molar-refractivity contribution is -0.917. The normalized spacial score (nSPS) is 13.4. The van der Waals surface area contributed by atoms with Crippen molar-refractivity contribution in [1.82, 2.24) is 0 Å². The number of hydrogen-bond donors (Lipinski definition) is 0. The number of likely N-dealkylation sites (N-methyl/N-ethyl adjacent to an activating group) is 1. The van der Waals surface area contributed by atoms with Gasteiger partial charge in [-0.2, -0.15) is 0 Å². The molecule has 0 bridgehead atoms. The van der Waals surface area contributed by atoms with Crippen molar-refractivity contribution >= 4 is 5.97 Å². The van der Waals surface area contributed by atoms with Crippen LogP contribution in [0.25, 0.3) is 0 Å². The molecular formula is C28H42NO3+. The van der Waals surface area contributed by atoms with Gasteiger partial charge in [-0.25, -0.2) is 4.79 Å². The molecule has 2 aromatic carbocycles. The Bertz CT molecular complexity index is 786. The molecule has 4 nitrogen and oxygen atoms in total. The Morgan fingerprint density at radius 1 is 0.844 bits per heavy atom. The van der Waals surface area contributed by atoms with Crippen LogP contribution < -0.4 is 4.74 Å². The molecule has 0 radical (unpaired) electrons. The molecule has 2 atom stereocenters. The van der Waals surface area contributed by atoms with Gasteiger partial charge in [-0.1, -0.05) is 81.5 Å².